The third-order valence-electron chi connectivity index (χ3n) is 5.52. The lowest BCUT2D eigenvalue weighted by atomic mass is 10.1. The molecule has 1 unspecified atom stereocenters. The number of imidazole rings is 1. The Balaban J connectivity index is 1.69. The van der Waals surface area contributed by atoms with E-state index in [9.17, 15) is 18.0 Å². The van der Waals surface area contributed by atoms with Crippen LogP contribution in [0, 0.1) is 0 Å². The van der Waals surface area contributed by atoms with Crippen LogP contribution in [0.3, 0.4) is 0 Å². The van der Waals surface area contributed by atoms with Crippen molar-refractivity contribution >= 4 is 16.9 Å². The van der Waals surface area contributed by atoms with Crippen molar-refractivity contribution in [1.29, 1.82) is 0 Å². The number of hydrogen-bond acceptors (Lipinski definition) is 6. The predicted octanol–water partition coefficient (Wildman–Crippen LogP) is 3.84. The topological polar surface area (TPSA) is 92.4 Å². The van der Waals surface area contributed by atoms with E-state index in [1.54, 1.807) is 34.2 Å². The van der Waals surface area contributed by atoms with Gasteiger partial charge in [-0.2, -0.15) is 5.10 Å². The van der Waals surface area contributed by atoms with Crippen molar-refractivity contribution in [3.63, 3.8) is 0 Å². The van der Waals surface area contributed by atoms with Gasteiger partial charge in [0.05, 0.1) is 50.3 Å². The first-order valence-corrected chi connectivity index (χ1v) is 10.8. The number of carbonyl (C=O) groups excluding carboxylic acids is 1. The number of benzene rings is 2. The number of ether oxygens (including phenoxy) is 3. The molecule has 0 bridgehead atoms. The second-order valence-corrected chi connectivity index (χ2v) is 7.74. The van der Waals surface area contributed by atoms with Gasteiger partial charge in [-0.3, -0.25) is 14.0 Å². The molecule has 36 heavy (non-hydrogen) atoms. The van der Waals surface area contributed by atoms with Crippen molar-refractivity contribution in [2.75, 3.05) is 27.9 Å². The van der Waals surface area contributed by atoms with E-state index in [2.05, 4.69) is 10.1 Å². The Morgan fingerprint density at radius 1 is 1.06 bits per heavy atom. The molecule has 190 valence electrons. The minimum atomic E-state index is -3.37. The number of amides is 1. The molecule has 0 saturated heterocycles. The summed E-state index contributed by atoms with van der Waals surface area (Å²) in [4.78, 5) is 17.0. The number of hydrogen-bond donors (Lipinski definition) is 1. The van der Waals surface area contributed by atoms with Gasteiger partial charge in [0.25, 0.3) is 12.3 Å². The Bertz CT molecular complexity index is 1350. The number of carbonyl (C=O) groups is 1. The smallest absolute Gasteiger partial charge is 0.287 e. The second kappa shape index (κ2) is 10.7. The van der Waals surface area contributed by atoms with Gasteiger partial charge in [0, 0.05) is 31.0 Å². The van der Waals surface area contributed by atoms with Crippen molar-refractivity contribution < 1.29 is 32.2 Å². The molecule has 2 heterocycles. The lowest BCUT2D eigenvalue weighted by molar-refractivity contribution is 0.0285. The summed E-state index contributed by atoms with van der Waals surface area (Å²) < 4.78 is 57.8. The molecule has 0 aliphatic rings. The third kappa shape index (κ3) is 4.98. The summed E-state index contributed by atoms with van der Waals surface area (Å²) in [6, 6.07) is 8.77. The highest BCUT2D eigenvalue weighted by Crippen LogP contribution is 2.34. The number of nitrogens with zero attached hydrogens (tertiary/aromatic N) is 4. The van der Waals surface area contributed by atoms with Crippen molar-refractivity contribution in [3.8, 4) is 28.3 Å². The fourth-order valence-electron chi connectivity index (χ4n) is 3.74. The van der Waals surface area contributed by atoms with E-state index < -0.39 is 18.6 Å². The molecule has 0 radical (unpaired) electrons. The summed E-state index contributed by atoms with van der Waals surface area (Å²) in [5, 5.41) is 5.95. The molecule has 4 aromatic rings. The van der Waals surface area contributed by atoms with Gasteiger partial charge in [0.15, 0.2) is 0 Å². The summed E-state index contributed by atoms with van der Waals surface area (Å²) >= 11 is 0. The lowest BCUT2D eigenvalue weighted by Crippen LogP contribution is -2.36. The van der Waals surface area contributed by atoms with Gasteiger partial charge < -0.3 is 19.5 Å². The molecule has 4 rings (SSSR count). The summed E-state index contributed by atoms with van der Waals surface area (Å²) in [6.07, 6.45) is -0.910. The average molecular weight is 503 g/mol. The molecule has 0 aliphatic carbocycles. The second-order valence-electron chi connectivity index (χ2n) is 7.74. The molecule has 0 spiro atoms. The number of halogens is 3. The Kier molecular flexibility index (Phi) is 7.44. The van der Waals surface area contributed by atoms with Crippen LogP contribution < -0.4 is 14.8 Å². The van der Waals surface area contributed by atoms with Crippen LogP contribution in [-0.2, 0) is 11.3 Å². The monoisotopic (exact) mass is 503 g/mol. The first-order valence-electron chi connectivity index (χ1n) is 10.8. The number of alkyl halides is 3. The van der Waals surface area contributed by atoms with Crippen LogP contribution in [0.1, 0.15) is 10.4 Å². The van der Waals surface area contributed by atoms with Gasteiger partial charge >= 0.3 is 0 Å². The van der Waals surface area contributed by atoms with Gasteiger partial charge in [-0.05, 0) is 17.7 Å². The van der Waals surface area contributed by atoms with Crippen LogP contribution >= 0.6 is 0 Å². The Hall–Kier alpha value is -4.06. The predicted molar refractivity (Wildman–Crippen MR) is 126 cm³/mol. The number of rotatable bonds is 10. The van der Waals surface area contributed by atoms with Crippen molar-refractivity contribution in [2.45, 2.75) is 19.3 Å². The van der Waals surface area contributed by atoms with Crippen LogP contribution in [0.2, 0.25) is 0 Å². The minimum Gasteiger partial charge on any atom is -0.496 e. The molecule has 2 aromatic heterocycles. The average Bonchev–Trinajstić information content (AvgIpc) is 3.53. The highest BCUT2D eigenvalue weighted by atomic mass is 19.3. The van der Waals surface area contributed by atoms with E-state index in [1.165, 1.54) is 26.4 Å². The fourth-order valence-corrected chi connectivity index (χ4v) is 3.74. The van der Waals surface area contributed by atoms with E-state index in [0.717, 1.165) is 16.6 Å². The molecule has 12 heteroatoms. The highest BCUT2D eigenvalue weighted by Gasteiger charge is 2.27. The quantitative estimate of drug-likeness (QED) is 0.331. The summed E-state index contributed by atoms with van der Waals surface area (Å²) in [5.74, 6) is -1.05. The van der Waals surface area contributed by atoms with Crippen LogP contribution in [0.25, 0.3) is 27.8 Å². The van der Waals surface area contributed by atoms with E-state index in [4.69, 9.17) is 14.2 Å². The molecule has 9 nitrogen and oxygen atoms in total. The molecule has 0 saturated carbocycles. The maximum absolute atomic E-state index is 13.4. The number of fused-ring (bicyclic) bond motifs is 1. The molecule has 1 amide bonds. The van der Waals surface area contributed by atoms with Gasteiger partial charge in [0.1, 0.15) is 23.4 Å². The normalized spacial score (nSPS) is 12.2. The Labute approximate surface area is 204 Å². The maximum Gasteiger partial charge on any atom is 0.287 e. The van der Waals surface area contributed by atoms with Crippen LogP contribution in [0.15, 0.2) is 49.1 Å². The number of methoxy groups -OCH3 is 3. The van der Waals surface area contributed by atoms with Gasteiger partial charge in [-0.15, -0.1) is 0 Å². The summed E-state index contributed by atoms with van der Waals surface area (Å²) in [6.45, 7) is 1.19. The molecule has 2 aromatic carbocycles. The van der Waals surface area contributed by atoms with Crippen LogP contribution in [-0.4, -0.2) is 65.9 Å². The maximum atomic E-state index is 13.4. The third-order valence-corrected chi connectivity index (χ3v) is 5.52. The zero-order valence-electron chi connectivity index (χ0n) is 19.7. The van der Waals surface area contributed by atoms with Gasteiger partial charge in [-0.1, -0.05) is 6.07 Å². The van der Waals surface area contributed by atoms with Crippen molar-refractivity contribution in [3.05, 3.63) is 54.6 Å². The van der Waals surface area contributed by atoms with Crippen molar-refractivity contribution in [1.82, 2.24) is 24.6 Å². The van der Waals surface area contributed by atoms with Gasteiger partial charge in [0.2, 0.25) is 6.30 Å². The first kappa shape index (κ1) is 25.0. The van der Waals surface area contributed by atoms with E-state index in [0.29, 0.717) is 24.4 Å². The van der Waals surface area contributed by atoms with E-state index >= 15 is 0 Å². The largest absolute Gasteiger partial charge is 0.496 e. The molecular formula is C24H24F3N5O4. The van der Waals surface area contributed by atoms with Crippen LogP contribution in [0.5, 0.6) is 11.5 Å². The number of aromatic nitrogens is 4. The summed E-state index contributed by atoms with van der Waals surface area (Å²) in [7, 11) is 4.25. The SMILES string of the molecule is COCCn1cc(-c2ccc3c(c2)ncn3-c2cc(OC)c(C(=O)NC(F)C(F)F)c(OC)c2)cn1. The molecule has 0 fully saturated rings. The van der Waals surface area contributed by atoms with E-state index in [1.807, 2.05) is 24.4 Å². The Morgan fingerprint density at radius 3 is 2.42 bits per heavy atom. The fraction of sp³-hybridized carbons (Fsp3) is 0.292. The summed E-state index contributed by atoms with van der Waals surface area (Å²) in [5.41, 5.74) is 3.65. The first-order chi connectivity index (χ1) is 17.4. The van der Waals surface area contributed by atoms with Crippen LogP contribution in [0.4, 0.5) is 13.2 Å². The minimum absolute atomic E-state index is 0.0188. The molecule has 1 N–H and O–H groups in total. The Morgan fingerprint density at radius 2 is 1.78 bits per heavy atom. The highest BCUT2D eigenvalue weighted by molar-refractivity contribution is 6.00. The number of nitrogens with one attached hydrogen (secondary N) is 1. The molecule has 1 atom stereocenters. The van der Waals surface area contributed by atoms with E-state index in [-0.39, 0.29) is 17.1 Å². The zero-order chi connectivity index (χ0) is 25.8. The lowest BCUT2D eigenvalue weighted by Gasteiger charge is -2.17. The molecular weight excluding hydrogens is 479 g/mol. The molecule has 0 aliphatic heterocycles. The van der Waals surface area contributed by atoms with Crippen molar-refractivity contribution in [2.24, 2.45) is 0 Å². The van der Waals surface area contributed by atoms with Gasteiger partial charge in [-0.25, -0.2) is 18.2 Å². The standard InChI is InChI=1S/C24H24F3N5O4/c1-34-7-6-31-12-15(11-29-31)14-4-5-18-17(8-14)28-13-32(18)16-9-19(35-2)21(20(10-16)36-3)24(33)30-23(27)22(25)26/h4-5,8-13,22-23H,6-7H2,1-3H3,(H,30,33). The zero-order valence-corrected chi connectivity index (χ0v) is 19.7.